The van der Waals surface area contributed by atoms with Gasteiger partial charge in [-0.1, -0.05) is 18.2 Å². The van der Waals surface area contributed by atoms with Crippen LogP contribution in [-0.4, -0.2) is 66.2 Å². The SMILES string of the molecule is CC1=C(C(F)(F)F)NC2C(c3ccc(C(=O)N4CCOC(C(F)F)C4)cc3)=CC=CN2C1=O. The average Bonchev–Trinajstić information content (AvgIpc) is 2.80. The molecular formula is C22H20F5N3O3. The van der Waals surface area contributed by atoms with Crippen LogP contribution < -0.4 is 5.32 Å². The minimum absolute atomic E-state index is 0.00371. The summed E-state index contributed by atoms with van der Waals surface area (Å²) in [5, 5.41) is 2.41. The van der Waals surface area contributed by atoms with Crippen LogP contribution in [0, 0.1) is 0 Å². The van der Waals surface area contributed by atoms with Gasteiger partial charge in [0.25, 0.3) is 18.2 Å². The van der Waals surface area contributed by atoms with E-state index in [1.54, 1.807) is 24.3 Å². The number of rotatable bonds is 3. The van der Waals surface area contributed by atoms with Gasteiger partial charge >= 0.3 is 6.18 Å². The molecule has 3 aliphatic heterocycles. The first-order valence-corrected chi connectivity index (χ1v) is 10.1. The van der Waals surface area contributed by atoms with Crippen LogP contribution in [0.2, 0.25) is 0 Å². The molecule has 0 saturated carbocycles. The monoisotopic (exact) mass is 469 g/mol. The van der Waals surface area contributed by atoms with Gasteiger partial charge < -0.3 is 15.0 Å². The molecule has 33 heavy (non-hydrogen) atoms. The fraction of sp³-hybridized carbons (Fsp3) is 0.364. The van der Waals surface area contributed by atoms with Gasteiger partial charge in [0.2, 0.25) is 0 Å². The third-order valence-corrected chi connectivity index (χ3v) is 5.72. The summed E-state index contributed by atoms with van der Waals surface area (Å²) in [7, 11) is 0. The highest BCUT2D eigenvalue weighted by Gasteiger charge is 2.45. The number of alkyl halides is 5. The number of nitrogens with one attached hydrogen (secondary N) is 1. The number of halogens is 5. The van der Waals surface area contributed by atoms with Crippen molar-refractivity contribution in [1.82, 2.24) is 15.1 Å². The molecular weight excluding hydrogens is 449 g/mol. The second kappa shape index (κ2) is 8.62. The largest absolute Gasteiger partial charge is 0.431 e. The first-order valence-electron chi connectivity index (χ1n) is 10.1. The number of carbonyl (C=O) groups is 2. The van der Waals surface area contributed by atoms with E-state index < -0.39 is 48.0 Å². The summed E-state index contributed by atoms with van der Waals surface area (Å²) in [5.74, 6) is -1.21. The molecule has 0 bridgehead atoms. The molecule has 0 radical (unpaired) electrons. The van der Waals surface area contributed by atoms with E-state index >= 15 is 0 Å². The number of hydrogen-bond donors (Lipinski definition) is 1. The third-order valence-electron chi connectivity index (χ3n) is 5.72. The molecule has 1 saturated heterocycles. The summed E-state index contributed by atoms with van der Waals surface area (Å²) in [6.07, 6.45) is -5.31. The molecule has 1 fully saturated rings. The Labute approximate surface area is 186 Å². The van der Waals surface area contributed by atoms with Crippen molar-refractivity contribution in [3.8, 4) is 0 Å². The van der Waals surface area contributed by atoms with Crippen molar-refractivity contribution in [2.75, 3.05) is 19.7 Å². The number of hydrogen-bond acceptors (Lipinski definition) is 4. The number of nitrogens with zero attached hydrogens (tertiary/aromatic N) is 2. The van der Waals surface area contributed by atoms with Crippen molar-refractivity contribution < 1.29 is 36.3 Å². The van der Waals surface area contributed by atoms with Crippen molar-refractivity contribution >= 4 is 17.4 Å². The zero-order chi connectivity index (χ0) is 23.9. The topological polar surface area (TPSA) is 61.9 Å². The highest BCUT2D eigenvalue weighted by Crippen LogP contribution is 2.35. The lowest BCUT2D eigenvalue weighted by Gasteiger charge is -2.39. The van der Waals surface area contributed by atoms with Crippen molar-refractivity contribution in [3.63, 3.8) is 0 Å². The summed E-state index contributed by atoms with van der Waals surface area (Å²) >= 11 is 0. The Bertz CT molecular complexity index is 1050. The van der Waals surface area contributed by atoms with Gasteiger partial charge in [0.1, 0.15) is 18.0 Å². The molecule has 0 aliphatic carbocycles. The highest BCUT2D eigenvalue weighted by molar-refractivity contribution is 5.98. The number of ether oxygens (including phenoxy) is 1. The van der Waals surface area contributed by atoms with E-state index in [2.05, 4.69) is 5.32 Å². The fourth-order valence-electron chi connectivity index (χ4n) is 3.99. The van der Waals surface area contributed by atoms with Gasteiger partial charge in [0.05, 0.1) is 13.2 Å². The van der Waals surface area contributed by atoms with E-state index in [0.717, 1.165) is 6.92 Å². The molecule has 3 heterocycles. The van der Waals surface area contributed by atoms with Crippen LogP contribution in [0.1, 0.15) is 22.8 Å². The second-order valence-corrected chi connectivity index (χ2v) is 7.79. The maximum atomic E-state index is 13.4. The van der Waals surface area contributed by atoms with Gasteiger partial charge in [-0.25, -0.2) is 8.78 Å². The Morgan fingerprint density at radius 1 is 1.21 bits per heavy atom. The number of allylic oxidation sites excluding steroid dienone is 3. The summed E-state index contributed by atoms with van der Waals surface area (Å²) in [4.78, 5) is 27.7. The number of morpholine rings is 1. The normalized spacial score (nSPS) is 23.5. The first-order chi connectivity index (χ1) is 15.6. The van der Waals surface area contributed by atoms with E-state index in [-0.39, 0.29) is 25.3 Å². The van der Waals surface area contributed by atoms with Crippen LogP contribution in [0.4, 0.5) is 22.0 Å². The van der Waals surface area contributed by atoms with Crippen LogP contribution in [0.25, 0.3) is 5.57 Å². The van der Waals surface area contributed by atoms with Gasteiger partial charge in [-0.2, -0.15) is 13.2 Å². The molecule has 0 aromatic heterocycles. The van der Waals surface area contributed by atoms with Crippen molar-refractivity contribution in [2.45, 2.75) is 31.8 Å². The Balaban J connectivity index is 1.56. The molecule has 6 nitrogen and oxygen atoms in total. The molecule has 1 aromatic rings. The van der Waals surface area contributed by atoms with Gasteiger partial charge in [0.15, 0.2) is 0 Å². The summed E-state index contributed by atoms with van der Waals surface area (Å²) in [5.41, 5.74) is -0.374. The number of carbonyl (C=O) groups excluding carboxylic acids is 2. The summed E-state index contributed by atoms with van der Waals surface area (Å²) in [6.45, 7) is 1.06. The molecule has 4 rings (SSSR count). The number of fused-ring (bicyclic) bond motifs is 1. The summed E-state index contributed by atoms with van der Waals surface area (Å²) < 4.78 is 71.1. The molecule has 0 spiro atoms. The van der Waals surface area contributed by atoms with E-state index in [0.29, 0.717) is 11.1 Å². The van der Waals surface area contributed by atoms with Gasteiger partial charge in [-0.3, -0.25) is 14.5 Å². The smallest absolute Gasteiger partial charge is 0.369 e. The third kappa shape index (κ3) is 4.37. The zero-order valence-corrected chi connectivity index (χ0v) is 17.4. The molecule has 176 valence electrons. The van der Waals surface area contributed by atoms with Crippen molar-refractivity contribution in [3.05, 3.63) is 65.0 Å². The maximum Gasteiger partial charge on any atom is 0.431 e. The van der Waals surface area contributed by atoms with Crippen LogP contribution in [-0.2, 0) is 9.53 Å². The van der Waals surface area contributed by atoms with Crippen LogP contribution in [0.3, 0.4) is 0 Å². The van der Waals surface area contributed by atoms with E-state index in [1.807, 2.05) is 0 Å². The van der Waals surface area contributed by atoms with E-state index in [4.69, 9.17) is 4.74 Å². The molecule has 2 unspecified atom stereocenters. The fourth-order valence-corrected chi connectivity index (χ4v) is 3.99. The van der Waals surface area contributed by atoms with Crippen LogP contribution >= 0.6 is 0 Å². The Hall–Kier alpha value is -3.21. The highest BCUT2D eigenvalue weighted by atomic mass is 19.4. The molecule has 1 N–H and O–H groups in total. The Morgan fingerprint density at radius 2 is 1.91 bits per heavy atom. The molecule has 2 atom stereocenters. The standard InChI is InChI=1S/C22H20F5N3O3/c1-12-17(22(25,26)27)28-19-15(3-2-8-30(19)20(12)31)13-4-6-14(7-5-13)21(32)29-9-10-33-16(11-29)18(23)24/h2-8,16,18-19,28H,9-11H2,1H3. The predicted octanol–water partition coefficient (Wildman–Crippen LogP) is 3.30. The minimum Gasteiger partial charge on any atom is -0.369 e. The van der Waals surface area contributed by atoms with Crippen LogP contribution in [0.5, 0.6) is 0 Å². The average molecular weight is 469 g/mol. The van der Waals surface area contributed by atoms with Crippen molar-refractivity contribution in [1.29, 1.82) is 0 Å². The Kier molecular flexibility index (Phi) is 6.00. The van der Waals surface area contributed by atoms with Crippen LogP contribution in [0.15, 0.2) is 53.9 Å². The zero-order valence-electron chi connectivity index (χ0n) is 17.4. The van der Waals surface area contributed by atoms with Gasteiger partial charge in [-0.15, -0.1) is 0 Å². The van der Waals surface area contributed by atoms with Gasteiger partial charge in [-0.05, 0) is 30.7 Å². The molecule has 11 heteroatoms. The predicted molar refractivity (Wildman–Crippen MR) is 108 cm³/mol. The number of benzene rings is 1. The lowest BCUT2D eigenvalue weighted by atomic mass is 9.95. The lowest BCUT2D eigenvalue weighted by Crippen LogP contribution is -2.54. The van der Waals surface area contributed by atoms with Crippen molar-refractivity contribution in [2.24, 2.45) is 0 Å². The summed E-state index contributed by atoms with van der Waals surface area (Å²) in [6, 6.07) is 6.05. The quantitative estimate of drug-likeness (QED) is 0.691. The van der Waals surface area contributed by atoms with E-state index in [9.17, 15) is 31.5 Å². The first kappa shape index (κ1) is 23.0. The molecule has 1 aromatic carbocycles. The van der Waals surface area contributed by atoms with Gasteiger partial charge in [0, 0.05) is 29.5 Å². The molecule has 3 aliphatic rings. The molecule has 2 amide bonds. The lowest BCUT2D eigenvalue weighted by molar-refractivity contribution is -0.132. The maximum absolute atomic E-state index is 13.4. The van der Waals surface area contributed by atoms with E-state index in [1.165, 1.54) is 28.1 Å². The second-order valence-electron chi connectivity index (χ2n) is 7.79. The Morgan fingerprint density at radius 3 is 2.55 bits per heavy atom. The number of amides is 2. The minimum atomic E-state index is -4.72.